The van der Waals surface area contributed by atoms with Crippen molar-refractivity contribution in [2.45, 2.75) is 30.9 Å². The summed E-state index contributed by atoms with van der Waals surface area (Å²) < 4.78 is 19.4. The summed E-state index contributed by atoms with van der Waals surface area (Å²) in [5.41, 5.74) is -2.22. The second-order valence-electron chi connectivity index (χ2n) is 4.36. The van der Waals surface area contributed by atoms with E-state index in [1.807, 2.05) is 4.98 Å². The van der Waals surface area contributed by atoms with Gasteiger partial charge in [0.1, 0.15) is 12.2 Å². The molecule has 1 fully saturated rings. The minimum absolute atomic E-state index is 0.258. The highest BCUT2D eigenvalue weighted by Gasteiger charge is 2.57. The molecule has 2 rings (SSSR count). The minimum Gasteiger partial charge on any atom is -0.394 e. The average Bonchev–Trinajstić information content (AvgIpc) is 2.62. The molecular formula is C10H13FN2O7. The maximum Gasteiger partial charge on any atom is 0.330 e. The molecule has 0 aromatic carbocycles. The minimum atomic E-state index is -3.35. The van der Waals surface area contributed by atoms with Gasteiger partial charge in [-0.15, -0.1) is 0 Å². The number of halogens is 1. The lowest BCUT2D eigenvalue weighted by atomic mass is 10.1. The second-order valence-corrected chi connectivity index (χ2v) is 4.36. The van der Waals surface area contributed by atoms with E-state index in [-0.39, 0.29) is 5.56 Å². The summed E-state index contributed by atoms with van der Waals surface area (Å²) in [6.45, 7) is -1.51. The Labute approximate surface area is 110 Å². The highest BCUT2D eigenvalue weighted by molar-refractivity contribution is 5.05. The van der Waals surface area contributed by atoms with Gasteiger partial charge in [0.25, 0.3) is 11.4 Å². The van der Waals surface area contributed by atoms with E-state index in [4.69, 9.17) is 14.9 Å². The van der Waals surface area contributed by atoms with Crippen LogP contribution < -0.4 is 11.2 Å². The van der Waals surface area contributed by atoms with Crippen molar-refractivity contribution in [1.82, 2.24) is 9.55 Å². The van der Waals surface area contributed by atoms with Crippen LogP contribution in [0.3, 0.4) is 0 Å². The molecule has 20 heavy (non-hydrogen) atoms. The van der Waals surface area contributed by atoms with Gasteiger partial charge in [-0.2, -0.15) is 0 Å². The fourth-order valence-corrected chi connectivity index (χ4v) is 1.96. The molecule has 10 heteroatoms. The zero-order chi connectivity index (χ0) is 15.1. The second kappa shape index (κ2) is 5.07. The molecule has 1 aliphatic rings. The molecule has 0 spiro atoms. The molecule has 0 bridgehead atoms. The Kier molecular flexibility index (Phi) is 3.75. The fraction of sp³-hybridized carbons (Fsp3) is 0.600. The number of aliphatic hydroxyl groups is 4. The Morgan fingerprint density at radius 1 is 1.45 bits per heavy atom. The van der Waals surface area contributed by atoms with E-state index in [0.29, 0.717) is 4.57 Å². The number of aromatic nitrogens is 2. The van der Waals surface area contributed by atoms with Crippen molar-refractivity contribution in [2.75, 3.05) is 6.61 Å². The van der Waals surface area contributed by atoms with Crippen LogP contribution in [0.4, 0.5) is 4.39 Å². The first-order valence-electron chi connectivity index (χ1n) is 5.63. The van der Waals surface area contributed by atoms with Crippen LogP contribution in [0.5, 0.6) is 0 Å². The Morgan fingerprint density at radius 3 is 2.60 bits per heavy atom. The van der Waals surface area contributed by atoms with Gasteiger partial charge in [0.15, 0.2) is 6.23 Å². The molecule has 112 valence electrons. The van der Waals surface area contributed by atoms with E-state index in [1.165, 1.54) is 0 Å². The topological polar surface area (TPSA) is 145 Å². The van der Waals surface area contributed by atoms with Crippen molar-refractivity contribution in [2.24, 2.45) is 0 Å². The lowest BCUT2D eigenvalue weighted by Gasteiger charge is -2.23. The average molecular weight is 292 g/mol. The number of nitrogens with one attached hydrogen (secondary N) is 1. The number of H-pyrrole nitrogens is 1. The molecule has 1 aromatic heterocycles. The molecule has 1 aromatic rings. The lowest BCUT2D eigenvalue weighted by molar-refractivity contribution is -0.197. The molecule has 0 saturated carbocycles. The summed E-state index contributed by atoms with van der Waals surface area (Å²) in [4.78, 5) is 24.7. The quantitative estimate of drug-likeness (QED) is 0.397. The molecular weight excluding hydrogens is 279 g/mol. The number of nitrogens with zero attached hydrogens (tertiary/aromatic N) is 1. The highest BCUT2D eigenvalue weighted by atomic mass is 19.2. The van der Waals surface area contributed by atoms with Crippen LogP contribution in [0, 0.1) is 0 Å². The normalized spacial score (nSPS) is 33.5. The zero-order valence-electron chi connectivity index (χ0n) is 10.1. The predicted octanol–water partition coefficient (Wildman–Crippen LogP) is -3.06. The van der Waals surface area contributed by atoms with Gasteiger partial charge in [0.2, 0.25) is 0 Å². The van der Waals surface area contributed by atoms with Gasteiger partial charge in [-0.05, 0) is 0 Å². The maximum atomic E-state index is 14.1. The van der Waals surface area contributed by atoms with E-state index in [0.717, 1.165) is 6.20 Å². The Balaban J connectivity index is 2.52. The SMILES string of the molecule is O=c1[nH]c(=O)n([C@@H]2O[C@H](CO)[C@@H](O)[C@@]2(O)F)cc1CO. The molecule has 9 nitrogen and oxygen atoms in total. The van der Waals surface area contributed by atoms with Crippen molar-refractivity contribution in [3.05, 3.63) is 32.6 Å². The lowest BCUT2D eigenvalue weighted by Crippen LogP contribution is -2.46. The van der Waals surface area contributed by atoms with Crippen LogP contribution in [-0.2, 0) is 11.3 Å². The molecule has 4 atom stereocenters. The van der Waals surface area contributed by atoms with Crippen LogP contribution in [0.25, 0.3) is 0 Å². The number of aromatic amines is 1. The number of rotatable bonds is 3. The van der Waals surface area contributed by atoms with Crippen molar-refractivity contribution in [3.63, 3.8) is 0 Å². The summed E-state index contributed by atoms with van der Waals surface area (Å²) in [6.07, 6.45) is -4.67. The Bertz CT molecular complexity index is 610. The molecule has 0 radical (unpaired) electrons. The standard InChI is InChI=1S/C10H13FN2O7/c11-10(19)6(16)5(3-15)20-8(10)13-1-4(2-14)7(17)12-9(13)18/h1,5-6,8,14-16,19H,2-3H2,(H,12,17,18)/t5-,6-,8-,10+/m1/s1. The van der Waals surface area contributed by atoms with Gasteiger partial charge >= 0.3 is 5.69 Å². The Hall–Kier alpha value is -1.59. The number of hydrogen-bond acceptors (Lipinski definition) is 7. The summed E-state index contributed by atoms with van der Waals surface area (Å²) in [5.74, 6) is -3.35. The van der Waals surface area contributed by atoms with Crippen LogP contribution in [0.1, 0.15) is 11.8 Å². The van der Waals surface area contributed by atoms with Crippen molar-refractivity contribution in [1.29, 1.82) is 0 Å². The predicted molar refractivity (Wildman–Crippen MR) is 60.3 cm³/mol. The number of hydrogen-bond donors (Lipinski definition) is 5. The third-order valence-corrected chi connectivity index (χ3v) is 3.06. The molecule has 5 N–H and O–H groups in total. The number of aliphatic hydroxyl groups excluding tert-OH is 3. The smallest absolute Gasteiger partial charge is 0.330 e. The fourth-order valence-electron chi connectivity index (χ4n) is 1.96. The van der Waals surface area contributed by atoms with Crippen molar-refractivity contribution in [3.8, 4) is 0 Å². The first-order valence-corrected chi connectivity index (χ1v) is 5.63. The highest BCUT2D eigenvalue weighted by Crippen LogP contribution is 2.38. The van der Waals surface area contributed by atoms with Crippen LogP contribution in [-0.4, -0.2) is 54.6 Å². The number of alkyl halides is 1. The summed E-state index contributed by atoms with van der Waals surface area (Å²) in [6, 6.07) is 0. The van der Waals surface area contributed by atoms with Gasteiger partial charge in [0, 0.05) is 6.20 Å². The summed E-state index contributed by atoms with van der Waals surface area (Å²) >= 11 is 0. The van der Waals surface area contributed by atoms with E-state index in [9.17, 15) is 24.2 Å². The monoisotopic (exact) mass is 292 g/mol. The van der Waals surface area contributed by atoms with E-state index in [2.05, 4.69) is 0 Å². The molecule has 1 saturated heterocycles. The summed E-state index contributed by atoms with van der Waals surface area (Å²) in [5, 5.41) is 36.9. The van der Waals surface area contributed by atoms with Gasteiger partial charge in [-0.3, -0.25) is 14.3 Å². The first-order chi connectivity index (χ1) is 9.32. The van der Waals surface area contributed by atoms with Crippen molar-refractivity contribution >= 4 is 0 Å². The van der Waals surface area contributed by atoms with E-state index >= 15 is 0 Å². The Morgan fingerprint density at radius 2 is 2.10 bits per heavy atom. The van der Waals surface area contributed by atoms with Gasteiger partial charge in [-0.1, -0.05) is 0 Å². The van der Waals surface area contributed by atoms with Crippen LogP contribution >= 0.6 is 0 Å². The van der Waals surface area contributed by atoms with Gasteiger partial charge < -0.3 is 25.2 Å². The van der Waals surface area contributed by atoms with Gasteiger partial charge in [-0.25, -0.2) is 9.18 Å². The first kappa shape index (κ1) is 14.8. The third kappa shape index (κ3) is 2.17. The molecule has 1 aliphatic heterocycles. The molecule has 2 heterocycles. The zero-order valence-corrected chi connectivity index (χ0v) is 10.1. The molecule has 0 unspecified atom stereocenters. The van der Waals surface area contributed by atoms with Gasteiger partial charge in [0.05, 0.1) is 18.8 Å². The third-order valence-electron chi connectivity index (χ3n) is 3.06. The van der Waals surface area contributed by atoms with E-state index in [1.54, 1.807) is 0 Å². The molecule has 0 amide bonds. The largest absolute Gasteiger partial charge is 0.394 e. The van der Waals surface area contributed by atoms with Crippen LogP contribution in [0.2, 0.25) is 0 Å². The maximum absolute atomic E-state index is 14.1. The van der Waals surface area contributed by atoms with Crippen molar-refractivity contribution < 1.29 is 29.6 Å². The molecule has 0 aliphatic carbocycles. The number of ether oxygens (including phenoxy) is 1. The van der Waals surface area contributed by atoms with E-state index < -0.39 is 48.8 Å². The van der Waals surface area contributed by atoms with Crippen LogP contribution in [0.15, 0.2) is 15.8 Å². The summed E-state index contributed by atoms with van der Waals surface area (Å²) in [7, 11) is 0.